The Balaban J connectivity index is 3.96. The lowest BCUT2D eigenvalue weighted by molar-refractivity contribution is -0.117. The van der Waals surface area contributed by atoms with E-state index in [-0.39, 0.29) is 10.5 Å². The molecule has 0 aliphatic carbocycles. The molecule has 0 aliphatic heterocycles. The number of carbonyl (C=O) groups excluding carboxylic acids is 1. The van der Waals surface area contributed by atoms with E-state index in [0.717, 1.165) is 11.8 Å². The molecule has 3 heteroatoms. The van der Waals surface area contributed by atoms with E-state index >= 15 is 0 Å². The highest BCUT2D eigenvalue weighted by Crippen LogP contribution is 2.23. The van der Waals surface area contributed by atoms with Crippen LogP contribution in [0.3, 0.4) is 0 Å². The summed E-state index contributed by atoms with van der Waals surface area (Å²) in [7, 11) is 0. The smallest absolute Gasteiger partial charge is 0.198 e. The minimum Gasteiger partial charge on any atom is -0.286 e. The van der Waals surface area contributed by atoms with Gasteiger partial charge in [0.1, 0.15) is 0 Å². The largest absolute Gasteiger partial charge is 0.286 e. The van der Waals surface area contributed by atoms with Gasteiger partial charge in [0, 0.05) is 10.4 Å². The monoisotopic (exact) mass is 204 g/mol. The summed E-state index contributed by atoms with van der Waals surface area (Å²) in [6.45, 7) is 9.11. The quantitative estimate of drug-likeness (QED) is 0.640. The molecule has 0 aromatic carbocycles. The number of thioether (sulfide) groups is 1. The number of carbonyl (C=O) groups is 1. The van der Waals surface area contributed by atoms with E-state index < -0.39 is 0 Å². The fraction of sp³-hybridized carbons (Fsp3) is 0.444. The van der Waals surface area contributed by atoms with Gasteiger partial charge in [-0.3, -0.25) is 4.79 Å². The molecular formula is C9H13ClOS. The van der Waals surface area contributed by atoms with Crippen molar-refractivity contribution in [2.45, 2.75) is 20.8 Å². The van der Waals surface area contributed by atoms with E-state index in [4.69, 9.17) is 11.6 Å². The number of halogens is 1. The van der Waals surface area contributed by atoms with Crippen LogP contribution in [0.2, 0.25) is 0 Å². The Morgan fingerprint density at radius 3 is 2.33 bits per heavy atom. The van der Waals surface area contributed by atoms with Gasteiger partial charge in [0.25, 0.3) is 0 Å². The summed E-state index contributed by atoms with van der Waals surface area (Å²) in [6.07, 6.45) is 1.61. The minimum absolute atomic E-state index is 0.122. The van der Waals surface area contributed by atoms with Gasteiger partial charge in [0.2, 0.25) is 0 Å². The number of hydrogen-bond donors (Lipinski definition) is 0. The lowest BCUT2D eigenvalue weighted by Crippen LogP contribution is -2.15. The first kappa shape index (κ1) is 11.8. The van der Waals surface area contributed by atoms with Crippen molar-refractivity contribution in [3.63, 3.8) is 0 Å². The van der Waals surface area contributed by atoms with Gasteiger partial charge in [0.15, 0.2) is 5.12 Å². The molecule has 0 spiro atoms. The molecule has 0 amide bonds. The van der Waals surface area contributed by atoms with Gasteiger partial charge in [-0.1, -0.05) is 50.7 Å². The molecule has 0 saturated carbocycles. The summed E-state index contributed by atoms with van der Waals surface area (Å²) >= 11 is 6.62. The molecule has 68 valence electrons. The number of hydrogen-bond acceptors (Lipinski definition) is 2. The van der Waals surface area contributed by atoms with Crippen molar-refractivity contribution in [1.29, 1.82) is 0 Å². The van der Waals surface area contributed by atoms with E-state index in [2.05, 4.69) is 6.58 Å². The standard InChI is InChI=1S/C9H13ClOS/c1-7(10)5-6-12-8(11)9(2,3)4/h5-6H,1H2,2-4H3/b6-5-. The Labute approximate surface area is 82.9 Å². The highest BCUT2D eigenvalue weighted by molar-refractivity contribution is 8.16. The molecule has 0 aliphatic rings. The van der Waals surface area contributed by atoms with Crippen LogP contribution in [0.25, 0.3) is 0 Å². The summed E-state index contributed by atoms with van der Waals surface area (Å²) in [5, 5.41) is 2.21. The third-order valence-electron chi connectivity index (χ3n) is 1.04. The maximum Gasteiger partial charge on any atom is 0.198 e. The molecule has 0 rings (SSSR count). The average Bonchev–Trinajstić information content (AvgIpc) is 1.84. The Morgan fingerprint density at radius 1 is 1.50 bits per heavy atom. The van der Waals surface area contributed by atoms with Crippen molar-refractivity contribution in [2.24, 2.45) is 5.41 Å². The Kier molecular flexibility index (Phi) is 4.64. The SMILES string of the molecule is C=C(Cl)/C=C\SC(=O)C(C)(C)C. The van der Waals surface area contributed by atoms with Crippen molar-refractivity contribution in [2.75, 3.05) is 0 Å². The van der Waals surface area contributed by atoms with Gasteiger partial charge in [-0.2, -0.15) is 0 Å². The topological polar surface area (TPSA) is 17.1 Å². The zero-order chi connectivity index (χ0) is 9.78. The predicted molar refractivity (Wildman–Crippen MR) is 56.2 cm³/mol. The van der Waals surface area contributed by atoms with Crippen molar-refractivity contribution >= 4 is 28.5 Å². The van der Waals surface area contributed by atoms with Gasteiger partial charge in [-0.05, 0) is 11.5 Å². The molecule has 0 bridgehead atoms. The van der Waals surface area contributed by atoms with E-state index in [1.807, 2.05) is 20.8 Å². The lowest BCUT2D eigenvalue weighted by Gasteiger charge is -2.13. The van der Waals surface area contributed by atoms with Gasteiger partial charge >= 0.3 is 0 Å². The van der Waals surface area contributed by atoms with Crippen LogP contribution >= 0.6 is 23.4 Å². The van der Waals surface area contributed by atoms with Crippen LogP contribution < -0.4 is 0 Å². The summed E-state index contributed by atoms with van der Waals surface area (Å²) in [6, 6.07) is 0. The first-order chi connectivity index (χ1) is 5.34. The van der Waals surface area contributed by atoms with E-state index in [9.17, 15) is 4.79 Å². The second-order valence-corrected chi connectivity index (χ2v) is 4.77. The van der Waals surface area contributed by atoms with E-state index in [1.54, 1.807) is 11.5 Å². The summed E-state index contributed by atoms with van der Waals surface area (Å²) < 4.78 is 0. The molecule has 0 aromatic heterocycles. The van der Waals surface area contributed by atoms with Crippen LogP contribution in [0.15, 0.2) is 23.1 Å². The van der Waals surface area contributed by atoms with Gasteiger partial charge in [-0.15, -0.1) is 0 Å². The fourth-order valence-electron chi connectivity index (χ4n) is 0.346. The van der Waals surface area contributed by atoms with Crippen molar-refractivity contribution in [3.05, 3.63) is 23.1 Å². The van der Waals surface area contributed by atoms with Crippen LogP contribution in [0.4, 0.5) is 0 Å². The highest BCUT2D eigenvalue weighted by Gasteiger charge is 2.20. The molecule has 1 nitrogen and oxygen atoms in total. The molecular weight excluding hydrogens is 192 g/mol. The zero-order valence-corrected chi connectivity index (χ0v) is 9.13. The second kappa shape index (κ2) is 4.73. The average molecular weight is 205 g/mol. The minimum atomic E-state index is -0.303. The molecule has 0 unspecified atom stereocenters. The molecule has 0 fully saturated rings. The molecule has 12 heavy (non-hydrogen) atoms. The molecule has 0 heterocycles. The summed E-state index contributed by atoms with van der Waals surface area (Å²) in [5.41, 5.74) is -0.303. The van der Waals surface area contributed by atoms with Crippen LogP contribution in [0.5, 0.6) is 0 Å². The number of rotatable bonds is 2. The van der Waals surface area contributed by atoms with Gasteiger partial charge in [0.05, 0.1) is 0 Å². The van der Waals surface area contributed by atoms with Crippen molar-refractivity contribution in [1.82, 2.24) is 0 Å². The third-order valence-corrected chi connectivity index (χ3v) is 2.26. The second-order valence-electron chi connectivity index (χ2n) is 3.40. The normalized spacial score (nSPS) is 12.0. The maximum atomic E-state index is 11.3. The van der Waals surface area contributed by atoms with Crippen LogP contribution in [-0.2, 0) is 4.79 Å². The number of allylic oxidation sites excluding steroid dienone is 2. The van der Waals surface area contributed by atoms with Gasteiger partial charge < -0.3 is 0 Å². The fourth-order valence-corrected chi connectivity index (χ4v) is 1.19. The molecule has 0 saturated heterocycles. The summed E-state index contributed by atoms with van der Waals surface area (Å²) in [5.74, 6) is 0. The van der Waals surface area contributed by atoms with E-state index in [1.165, 1.54) is 0 Å². The van der Waals surface area contributed by atoms with Crippen LogP contribution in [0.1, 0.15) is 20.8 Å². The molecule has 0 atom stereocenters. The van der Waals surface area contributed by atoms with Crippen LogP contribution in [-0.4, -0.2) is 5.12 Å². The summed E-state index contributed by atoms with van der Waals surface area (Å²) in [4.78, 5) is 11.3. The van der Waals surface area contributed by atoms with Crippen LogP contribution in [0, 0.1) is 5.41 Å². The lowest BCUT2D eigenvalue weighted by atomic mass is 10.00. The van der Waals surface area contributed by atoms with Crippen molar-refractivity contribution < 1.29 is 4.79 Å². The Hall–Kier alpha value is -0.210. The maximum absolute atomic E-state index is 11.3. The van der Waals surface area contributed by atoms with Gasteiger partial charge in [-0.25, -0.2) is 0 Å². The zero-order valence-electron chi connectivity index (χ0n) is 7.56. The molecule has 0 N–H and O–H groups in total. The predicted octanol–water partition coefficient (Wildman–Crippen LogP) is 3.56. The molecule has 0 radical (unpaired) electrons. The van der Waals surface area contributed by atoms with Crippen molar-refractivity contribution in [3.8, 4) is 0 Å². The first-order valence-corrected chi connectivity index (χ1v) is 4.82. The van der Waals surface area contributed by atoms with E-state index in [0.29, 0.717) is 5.03 Å². The Bertz CT molecular complexity index is 213. The highest BCUT2D eigenvalue weighted by atomic mass is 35.5. The first-order valence-electron chi connectivity index (χ1n) is 3.56. The third kappa shape index (κ3) is 5.44. The Morgan fingerprint density at radius 2 is 2.00 bits per heavy atom. The molecule has 0 aromatic rings.